The molecule has 2 atom stereocenters. The summed E-state index contributed by atoms with van der Waals surface area (Å²) < 4.78 is 0. The molecule has 86 valence electrons. The predicted octanol–water partition coefficient (Wildman–Crippen LogP) is 3.22. The van der Waals surface area contributed by atoms with Crippen LogP contribution in [0.2, 0.25) is 0 Å². The van der Waals surface area contributed by atoms with Crippen molar-refractivity contribution in [2.45, 2.75) is 38.5 Å². The number of hydrogen-bond acceptors (Lipinski definition) is 1. The Kier molecular flexibility index (Phi) is 3.28. The van der Waals surface area contributed by atoms with Crippen LogP contribution in [0.3, 0.4) is 0 Å². The van der Waals surface area contributed by atoms with Gasteiger partial charge in [-0.2, -0.15) is 0 Å². The van der Waals surface area contributed by atoms with Crippen molar-refractivity contribution in [3.63, 3.8) is 0 Å². The minimum absolute atomic E-state index is 0.174. The lowest BCUT2D eigenvalue weighted by molar-refractivity contribution is -0.142. The van der Waals surface area contributed by atoms with E-state index in [9.17, 15) is 9.90 Å². The fraction of sp³-hybridized carbons (Fsp3) is 0.500. The first-order valence-electron chi connectivity index (χ1n) is 6.04. The van der Waals surface area contributed by atoms with Crippen LogP contribution in [-0.2, 0) is 11.2 Å². The van der Waals surface area contributed by atoms with Crippen LogP contribution < -0.4 is 0 Å². The van der Waals surface area contributed by atoms with Crippen molar-refractivity contribution in [2.24, 2.45) is 5.92 Å². The van der Waals surface area contributed by atoms with E-state index in [0.29, 0.717) is 0 Å². The lowest BCUT2D eigenvalue weighted by Crippen LogP contribution is -2.16. The molecule has 16 heavy (non-hydrogen) atoms. The van der Waals surface area contributed by atoms with Crippen LogP contribution in [-0.4, -0.2) is 11.1 Å². The highest BCUT2D eigenvalue weighted by molar-refractivity contribution is 5.71. The van der Waals surface area contributed by atoms with Crippen LogP contribution in [0, 0.1) is 5.92 Å². The fourth-order valence-electron chi connectivity index (χ4n) is 2.70. The highest BCUT2D eigenvalue weighted by Gasteiger charge is 2.33. The molecule has 1 fully saturated rings. The molecule has 0 spiro atoms. The lowest BCUT2D eigenvalue weighted by Gasteiger charge is -2.16. The smallest absolute Gasteiger partial charge is 0.307 e. The van der Waals surface area contributed by atoms with Gasteiger partial charge in [0.25, 0.3) is 0 Å². The van der Waals surface area contributed by atoms with Gasteiger partial charge in [0.1, 0.15) is 0 Å². The summed E-state index contributed by atoms with van der Waals surface area (Å²) in [7, 11) is 0. The normalized spacial score (nSPS) is 24.6. The third-order valence-corrected chi connectivity index (χ3v) is 3.62. The molecular formula is C14H18O2. The van der Waals surface area contributed by atoms with E-state index in [1.165, 1.54) is 11.1 Å². The SMILES string of the molecule is CCc1cccc(C2CCCC2C(=O)O)c1. The summed E-state index contributed by atoms with van der Waals surface area (Å²) in [4.78, 5) is 11.1. The number of carboxylic acid groups (broad SMARTS) is 1. The predicted molar refractivity (Wildman–Crippen MR) is 63.5 cm³/mol. The van der Waals surface area contributed by atoms with Crippen molar-refractivity contribution in [3.8, 4) is 0 Å². The Balaban J connectivity index is 2.25. The first-order chi connectivity index (χ1) is 7.72. The summed E-state index contributed by atoms with van der Waals surface area (Å²) in [6.45, 7) is 2.13. The second kappa shape index (κ2) is 4.69. The molecule has 2 rings (SSSR count). The number of carboxylic acids is 1. The van der Waals surface area contributed by atoms with Crippen LogP contribution >= 0.6 is 0 Å². The summed E-state index contributed by atoms with van der Waals surface area (Å²) in [6.07, 6.45) is 3.90. The van der Waals surface area contributed by atoms with Crippen molar-refractivity contribution in [3.05, 3.63) is 35.4 Å². The van der Waals surface area contributed by atoms with Crippen molar-refractivity contribution >= 4 is 5.97 Å². The molecule has 2 nitrogen and oxygen atoms in total. The van der Waals surface area contributed by atoms with Gasteiger partial charge in [-0.05, 0) is 36.3 Å². The standard InChI is InChI=1S/C14H18O2/c1-2-10-5-3-6-11(9-10)12-7-4-8-13(12)14(15)16/h3,5-6,9,12-13H,2,4,7-8H2,1H3,(H,15,16). The highest BCUT2D eigenvalue weighted by Crippen LogP contribution is 2.39. The Morgan fingerprint density at radius 1 is 1.44 bits per heavy atom. The van der Waals surface area contributed by atoms with Gasteiger partial charge in [-0.1, -0.05) is 37.6 Å². The molecular weight excluding hydrogens is 200 g/mol. The van der Waals surface area contributed by atoms with Crippen LogP contribution in [0.1, 0.15) is 43.2 Å². The number of hydrogen-bond donors (Lipinski definition) is 1. The first-order valence-corrected chi connectivity index (χ1v) is 6.04. The number of rotatable bonds is 3. The summed E-state index contributed by atoms with van der Waals surface area (Å²) in [5, 5.41) is 9.17. The monoisotopic (exact) mass is 218 g/mol. The zero-order chi connectivity index (χ0) is 11.5. The maximum atomic E-state index is 11.1. The molecule has 0 radical (unpaired) electrons. The van der Waals surface area contributed by atoms with Crippen LogP contribution in [0.5, 0.6) is 0 Å². The Hall–Kier alpha value is -1.31. The van der Waals surface area contributed by atoms with E-state index in [1.54, 1.807) is 0 Å². The average Bonchev–Trinajstić information content (AvgIpc) is 2.78. The van der Waals surface area contributed by atoms with E-state index in [0.717, 1.165) is 25.7 Å². The van der Waals surface area contributed by atoms with Crippen molar-refractivity contribution in [1.29, 1.82) is 0 Å². The third kappa shape index (κ3) is 2.11. The Bertz CT molecular complexity index is 384. The minimum atomic E-state index is -0.635. The van der Waals surface area contributed by atoms with Crippen LogP contribution in [0.15, 0.2) is 24.3 Å². The molecule has 0 amide bonds. The molecule has 0 bridgehead atoms. The second-order valence-corrected chi connectivity index (χ2v) is 4.58. The Morgan fingerprint density at radius 3 is 2.94 bits per heavy atom. The maximum Gasteiger partial charge on any atom is 0.307 e. The van der Waals surface area contributed by atoms with Gasteiger partial charge < -0.3 is 5.11 Å². The molecule has 2 heteroatoms. The quantitative estimate of drug-likeness (QED) is 0.845. The van der Waals surface area contributed by atoms with Gasteiger partial charge in [0.05, 0.1) is 5.92 Å². The second-order valence-electron chi connectivity index (χ2n) is 4.58. The van der Waals surface area contributed by atoms with Crippen LogP contribution in [0.25, 0.3) is 0 Å². The molecule has 0 aromatic heterocycles. The van der Waals surface area contributed by atoms with E-state index in [2.05, 4.69) is 25.1 Å². The Labute approximate surface area is 96.3 Å². The zero-order valence-corrected chi connectivity index (χ0v) is 9.65. The van der Waals surface area contributed by atoms with Gasteiger partial charge in [-0.25, -0.2) is 0 Å². The van der Waals surface area contributed by atoms with E-state index < -0.39 is 5.97 Å². The number of aryl methyl sites for hydroxylation is 1. The largest absolute Gasteiger partial charge is 0.481 e. The maximum absolute atomic E-state index is 11.1. The molecule has 0 saturated heterocycles. The van der Waals surface area contributed by atoms with E-state index in [4.69, 9.17) is 0 Å². The Morgan fingerprint density at radius 2 is 2.25 bits per heavy atom. The van der Waals surface area contributed by atoms with Crippen molar-refractivity contribution in [1.82, 2.24) is 0 Å². The highest BCUT2D eigenvalue weighted by atomic mass is 16.4. The molecule has 1 aromatic rings. The summed E-state index contributed by atoms with van der Waals surface area (Å²) in [5.41, 5.74) is 2.51. The molecule has 0 heterocycles. The van der Waals surface area contributed by atoms with E-state index >= 15 is 0 Å². The van der Waals surface area contributed by atoms with Crippen molar-refractivity contribution < 1.29 is 9.90 Å². The molecule has 1 aromatic carbocycles. The third-order valence-electron chi connectivity index (χ3n) is 3.62. The van der Waals surface area contributed by atoms with Gasteiger partial charge >= 0.3 is 5.97 Å². The zero-order valence-electron chi connectivity index (χ0n) is 9.65. The number of carbonyl (C=O) groups is 1. The summed E-state index contributed by atoms with van der Waals surface area (Å²) in [6, 6.07) is 8.40. The number of aliphatic carboxylic acids is 1. The summed E-state index contributed by atoms with van der Waals surface area (Å²) in [5.74, 6) is -0.583. The van der Waals surface area contributed by atoms with E-state index in [1.807, 2.05) is 6.07 Å². The molecule has 1 aliphatic rings. The topological polar surface area (TPSA) is 37.3 Å². The molecule has 1 N–H and O–H groups in total. The van der Waals surface area contributed by atoms with Crippen molar-refractivity contribution in [2.75, 3.05) is 0 Å². The molecule has 1 aliphatic carbocycles. The average molecular weight is 218 g/mol. The molecule has 2 unspecified atom stereocenters. The minimum Gasteiger partial charge on any atom is -0.481 e. The summed E-state index contributed by atoms with van der Waals surface area (Å²) >= 11 is 0. The van der Waals surface area contributed by atoms with Crippen LogP contribution in [0.4, 0.5) is 0 Å². The molecule has 0 aliphatic heterocycles. The first kappa shape index (κ1) is 11.2. The van der Waals surface area contributed by atoms with Gasteiger partial charge in [-0.3, -0.25) is 4.79 Å². The van der Waals surface area contributed by atoms with Gasteiger partial charge in [0.2, 0.25) is 0 Å². The fourth-order valence-corrected chi connectivity index (χ4v) is 2.70. The van der Waals surface area contributed by atoms with Gasteiger partial charge in [-0.15, -0.1) is 0 Å². The number of benzene rings is 1. The molecule has 1 saturated carbocycles. The van der Waals surface area contributed by atoms with E-state index in [-0.39, 0.29) is 11.8 Å². The van der Waals surface area contributed by atoms with Gasteiger partial charge in [0, 0.05) is 0 Å². The lowest BCUT2D eigenvalue weighted by atomic mass is 9.88. The van der Waals surface area contributed by atoms with Gasteiger partial charge in [0.15, 0.2) is 0 Å².